The molecule has 0 amide bonds. The van der Waals surface area contributed by atoms with Crippen LogP contribution in [0.15, 0.2) is 29.4 Å². The molecule has 0 aliphatic heterocycles. The Bertz CT molecular complexity index is 757. The van der Waals surface area contributed by atoms with Gasteiger partial charge in [-0.1, -0.05) is 30.4 Å². The van der Waals surface area contributed by atoms with Gasteiger partial charge in [0.1, 0.15) is 4.88 Å². The number of thiazole rings is 1. The highest BCUT2D eigenvalue weighted by molar-refractivity contribution is 7.17. The molecule has 1 aromatic carbocycles. The summed E-state index contributed by atoms with van der Waals surface area (Å²) in [6, 6.07) is 4.78. The molecule has 128 valence electrons. The number of hydrazone groups is 1. The smallest absolute Gasteiger partial charge is 0.416 e. The largest absolute Gasteiger partial charge is 0.465 e. The summed E-state index contributed by atoms with van der Waals surface area (Å²) < 4.78 is 42.6. The number of esters is 1. The number of carbonyl (C=O) groups excluding carboxylic acids is 1. The number of alkyl halides is 3. The van der Waals surface area contributed by atoms with Gasteiger partial charge in [-0.3, -0.25) is 5.43 Å². The van der Waals surface area contributed by atoms with E-state index in [2.05, 4.69) is 20.2 Å². The van der Waals surface area contributed by atoms with Gasteiger partial charge in [0, 0.05) is 0 Å². The van der Waals surface area contributed by atoms with Crippen LogP contribution in [-0.2, 0) is 17.3 Å². The minimum absolute atomic E-state index is 0.290. The van der Waals surface area contributed by atoms with Gasteiger partial charge in [0.05, 0.1) is 24.6 Å². The first-order valence-electron chi connectivity index (χ1n) is 6.89. The number of carbonyl (C=O) groups is 1. The average Bonchev–Trinajstić information content (AvgIpc) is 2.97. The maximum atomic E-state index is 12.6. The molecule has 1 aromatic heterocycles. The molecular weight excluding hydrogens is 343 g/mol. The molecule has 0 atom stereocenters. The maximum Gasteiger partial charge on any atom is 0.416 e. The Hall–Kier alpha value is -2.42. The molecule has 1 heterocycles. The molecule has 9 heteroatoms. The number of aryl methyl sites for hydroxylation is 1. The average molecular weight is 357 g/mol. The second-order valence-corrected chi connectivity index (χ2v) is 5.63. The summed E-state index contributed by atoms with van der Waals surface area (Å²) in [5.74, 6) is -0.487. The van der Waals surface area contributed by atoms with Crippen molar-refractivity contribution in [2.45, 2.75) is 19.5 Å². The van der Waals surface area contributed by atoms with E-state index in [1.807, 2.05) is 6.92 Å². The van der Waals surface area contributed by atoms with Gasteiger partial charge < -0.3 is 4.74 Å². The van der Waals surface area contributed by atoms with Gasteiger partial charge in [-0.15, -0.1) is 0 Å². The normalized spacial score (nSPS) is 11.7. The molecule has 24 heavy (non-hydrogen) atoms. The van der Waals surface area contributed by atoms with E-state index in [1.54, 1.807) is 0 Å². The number of hydrogen-bond acceptors (Lipinski definition) is 6. The first-order chi connectivity index (χ1) is 11.3. The third-order valence-corrected chi connectivity index (χ3v) is 3.97. The highest BCUT2D eigenvalue weighted by Gasteiger charge is 2.30. The Morgan fingerprint density at radius 2 is 2.21 bits per heavy atom. The van der Waals surface area contributed by atoms with E-state index < -0.39 is 17.7 Å². The topological polar surface area (TPSA) is 63.6 Å². The summed E-state index contributed by atoms with van der Waals surface area (Å²) >= 11 is 1.07. The zero-order valence-corrected chi connectivity index (χ0v) is 13.7. The fraction of sp³-hybridized carbons (Fsp3) is 0.267. The first kappa shape index (κ1) is 17.9. The third kappa shape index (κ3) is 4.31. The van der Waals surface area contributed by atoms with Crippen LogP contribution in [0.5, 0.6) is 0 Å². The van der Waals surface area contributed by atoms with Crippen molar-refractivity contribution < 1.29 is 22.7 Å². The van der Waals surface area contributed by atoms with Crippen molar-refractivity contribution in [3.63, 3.8) is 0 Å². The van der Waals surface area contributed by atoms with Gasteiger partial charge >= 0.3 is 12.1 Å². The predicted octanol–water partition coefficient (Wildman–Crippen LogP) is 3.96. The van der Waals surface area contributed by atoms with Crippen LogP contribution in [0.3, 0.4) is 0 Å². The van der Waals surface area contributed by atoms with Gasteiger partial charge in [0.2, 0.25) is 5.13 Å². The van der Waals surface area contributed by atoms with Gasteiger partial charge in [-0.25, -0.2) is 9.78 Å². The summed E-state index contributed by atoms with van der Waals surface area (Å²) in [7, 11) is 1.28. The van der Waals surface area contributed by atoms with E-state index >= 15 is 0 Å². The molecule has 2 aromatic rings. The highest BCUT2D eigenvalue weighted by Crippen LogP contribution is 2.29. The number of benzene rings is 1. The minimum Gasteiger partial charge on any atom is -0.465 e. The van der Waals surface area contributed by atoms with Crippen molar-refractivity contribution in [2.24, 2.45) is 5.10 Å². The SMILES string of the molecule is CCc1nc(N/N=C\c2cccc(C(F)(F)F)c2)sc1C(=O)OC. The molecule has 0 radical (unpaired) electrons. The van der Waals surface area contributed by atoms with Gasteiger partial charge in [0.25, 0.3) is 0 Å². The van der Waals surface area contributed by atoms with Gasteiger partial charge in [0.15, 0.2) is 0 Å². The second-order valence-electron chi connectivity index (χ2n) is 4.63. The summed E-state index contributed by atoms with van der Waals surface area (Å²) in [5.41, 5.74) is 2.73. The number of anilines is 1. The van der Waals surface area contributed by atoms with Crippen LogP contribution >= 0.6 is 11.3 Å². The van der Waals surface area contributed by atoms with Crippen molar-refractivity contribution in [2.75, 3.05) is 12.5 Å². The molecule has 0 aliphatic carbocycles. The van der Waals surface area contributed by atoms with Gasteiger partial charge in [-0.2, -0.15) is 18.3 Å². The molecular formula is C15H14F3N3O2S. The Balaban J connectivity index is 2.12. The summed E-state index contributed by atoms with van der Waals surface area (Å²) in [6.07, 6.45) is -2.61. The Morgan fingerprint density at radius 3 is 2.83 bits per heavy atom. The fourth-order valence-electron chi connectivity index (χ4n) is 1.85. The molecule has 1 N–H and O–H groups in total. The highest BCUT2D eigenvalue weighted by atomic mass is 32.1. The van der Waals surface area contributed by atoms with Crippen LogP contribution < -0.4 is 5.43 Å². The van der Waals surface area contributed by atoms with Crippen LogP contribution in [0.25, 0.3) is 0 Å². The second kappa shape index (κ2) is 7.43. The summed E-state index contributed by atoms with van der Waals surface area (Å²) in [5, 5.41) is 4.22. The number of ether oxygens (including phenoxy) is 1. The number of nitrogens with one attached hydrogen (secondary N) is 1. The quantitative estimate of drug-likeness (QED) is 0.500. The molecule has 0 saturated carbocycles. The van der Waals surface area contributed by atoms with E-state index in [1.165, 1.54) is 25.5 Å². The lowest BCUT2D eigenvalue weighted by Gasteiger charge is -2.06. The van der Waals surface area contributed by atoms with E-state index in [4.69, 9.17) is 0 Å². The number of halogens is 3. The first-order valence-corrected chi connectivity index (χ1v) is 7.71. The molecule has 5 nitrogen and oxygen atoms in total. The van der Waals surface area contributed by atoms with E-state index in [9.17, 15) is 18.0 Å². The standard InChI is InChI=1S/C15H14F3N3O2S/c1-3-11-12(13(22)23-2)24-14(20-11)21-19-8-9-5-4-6-10(7-9)15(16,17)18/h4-8H,3H2,1-2H3,(H,20,21)/b19-8-. The monoisotopic (exact) mass is 357 g/mol. The van der Waals surface area contributed by atoms with Crippen molar-refractivity contribution in [3.05, 3.63) is 46.0 Å². The molecule has 0 aliphatic rings. The molecule has 0 unspecified atom stereocenters. The van der Waals surface area contributed by atoms with E-state index in [0.29, 0.717) is 22.1 Å². The van der Waals surface area contributed by atoms with Crippen LogP contribution in [0.1, 0.15) is 33.4 Å². The van der Waals surface area contributed by atoms with Crippen molar-refractivity contribution in [3.8, 4) is 0 Å². The zero-order valence-electron chi connectivity index (χ0n) is 12.8. The van der Waals surface area contributed by atoms with Crippen molar-refractivity contribution >= 4 is 28.7 Å². The number of hydrogen-bond donors (Lipinski definition) is 1. The number of rotatable bonds is 5. The Labute approximate surface area is 140 Å². The predicted molar refractivity (Wildman–Crippen MR) is 85.5 cm³/mol. The van der Waals surface area contributed by atoms with E-state index in [0.717, 1.165) is 23.5 Å². The van der Waals surface area contributed by atoms with Gasteiger partial charge in [-0.05, 0) is 24.1 Å². The summed E-state index contributed by atoms with van der Waals surface area (Å²) in [4.78, 5) is 16.2. The molecule has 0 saturated heterocycles. The minimum atomic E-state index is -4.40. The fourth-order valence-corrected chi connectivity index (χ4v) is 2.77. The number of methoxy groups -OCH3 is 1. The Kier molecular flexibility index (Phi) is 5.55. The lowest BCUT2D eigenvalue weighted by Crippen LogP contribution is -2.05. The number of aromatic nitrogens is 1. The van der Waals surface area contributed by atoms with Crippen LogP contribution in [0.2, 0.25) is 0 Å². The van der Waals surface area contributed by atoms with Crippen LogP contribution in [0.4, 0.5) is 18.3 Å². The van der Waals surface area contributed by atoms with Crippen LogP contribution in [0, 0.1) is 0 Å². The maximum absolute atomic E-state index is 12.6. The summed E-state index contributed by atoms with van der Waals surface area (Å²) in [6.45, 7) is 1.84. The zero-order chi connectivity index (χ0) is 17.7. The third-order valence-electron chi connectivity index (χ3n) is 2.99. The lowest BCUT2D eigenvalue weighted by molar-refractivity contribution is -0.137. The van der Waals surface area contributed by atoms with Crippen LogP contribution in [-0.4, -0.2) is 24.3 Å². The number of nitrogens with zero attached hydrogens (tertiary/aromatic N) is 2. The molecule has 2 rings (SSSR count). The van der Waals surface area contributed by atoms with E-state index in [-0.39, 0.29) is 5.56 Å². The molecule has 0 bridgehead atoms. The van der Waals surface area contributed by atoms with Crippen molar-refractivity contribution in [1.29, 1.82) is 0 Å². The molecule has 0 fully saturated rings. The Morgan fingerprint density at radius 1 is 1.46 bits per heavy atom. The lowest BCUT2D eigenvalue weighted by atomic mass is 10.1. The van der Waals surface area contributed by atoms with Crippen molar-refractivity contribution in [1.82, 2.24) is 4.98 Å². The molecule has 0 spiro atoms.